The van der Waals surface area contributed by atoms with E-state index in [0.717, 1.165) is 0 Å². The van der Waals surface area contributed by atoms with Gasteiger partial charge < -0.3 is 20.6 Å². The molecule has 0 spiro atoms. The quantitative estimate of drug-likeness (QED) is 0.574. The lowest BCUT2D eigenvalue weighted by Crippen LogP contribution is -2.29. The molecule has 0 heterocycles. The second-order valence-electron chi connectivity index (χ2n) is 2.78. The van der Waals surface area contributed by atoms with Crippen LogP contribution in [-0.4, -0.2) is 28.0 Å². The van der Waals surface area contributed by atoms with Gasteiger partial charge in [0.05, 0.1) is 12.6 Å². The molecule has 5 heteroatoms. The summed E-state index contributed by atoms with van der Waals surface area (Å²) in [5, 5.41) is 28.6. The molecule has 0 radical (unpaired) electrons. The minimum Gasteiger partial charge on any atom is -0.508 e. The van der Waals surface area contributed by atoms with Crippen molar-refractivity contribution in [3.05, 3.63) is 29.8 Å². The summed E-state index contributed by atoms with van der Waals surface area (Å²) in [7, 11) is 0. The molecule has 0 aliphatic rings. The first-order valence-electron chi connectivity index (χ1n) is 4.02. The highest BCUT2D eigenvalue weighted by Gasteiger charge is 2.12. The maximum atomic E-state index is 10.3. The number of aromatic hydroxyl groups is 1. The Bertz CT molecular complexity index is 326. The third-order valence-electron chi connectivity index (χ3n) is 1.75. The highest BCUT2D eigenvalue weighted by atomic mass is 16.4. The molecule has 0 saturated carbocycles. The molecule has 1 rings (SSSR count). The zero-order valence-electron chi connectivity index (χ0n) is 7.34. The highest BCUT2D eigenvalue weighted by Crippen LogP contribution is 2.17. The van der Waals surface area contributed by atoms with E-state index < -0.39 is 12.1 Å². The molecule has 0 aliphatic carbocycles. The van der Waals surface area contributed by atoms with E-state index in [1.807, 2.05) is 0 Å². The van der Waals surface area contributed by atoms with Crippen LogP contribution in [0.25, 0.3) is 0 Å². The summed E-state index contributed by atoms with van der Waals surface area (Å²) >= 11 is 0. The van der Waals surface area contributed by atoms with Crippen molar-refractivity contribution in [3.63, 3.8) is 0 Å². The standard InChI is InChI=1S/C9H11NO4/c11-5-8(10-9(13)14)6-2-1-3-7(12)4-6/h1-4,8,10-12H,5H2,(H,13,14). The van der Waals surface area contributed by atoms with Crippen LogP contribution < -0.4 is 5.32 Å². The van der Waals surface area contributed by atoms with Gasteiger partial charge in [0.25, 0.3) is 0 Å². The number of aliphatic hydroxyl groups excluding tert-OH is 1. The molecule has 1 unspecified atom stereocenters. The fourth-order valence-electron chi connectivity index (χ4n) is 1.12. The summed E-state index contributed by atoms with van der Waals surface area (Å²) in [5.41, 5.74) is 0.523. The SMILES string of the molecule is O=C(O)NC(CO)c1cccc(O)c1. The average Bonchev–Trinajstić information content (AvgIpc) is 2.14. The summed E-state index contributed by atoms with van der Waals surface area (Å²) in [6.07, 6.45) is -1.22. The summed E-state index contributed by atoms with van der Waals surface area (Å²) < 4.78 is 0. The normalized spacial score (nSPS) is 12.1. The Morgan fingerprint density at radius 2 is 2.21 bits per heavy atom. The van der Waals surface area contributed by atoms with Gasteiger partial charge in [0.2, 0.25) is 0 Å². The Balaban J connectivity index is 2.83. The molecule has 1 atom stereocenters. The Morgan fingerprint density at radius 1 is 1.50 bits per heavy atom. The summed E-state index contributed by atoms with van der Waals surface area (Å²) in [5.74, 6) is 0.0353. The van der Waals surface area contributed by atoms with Gasteiger partial charge in [-0.05, 0) is 17.7 Å². The van der Waals surface area contributed by atoms with Crippen LogP contribution in [0.4, 0.5) is 4.79 Å². The monoisotopic (exact) mass is 197 g/mol. The number of carboxylic acid groups (broad SMARTS) is 1. The second-order valence-corrected chi connectivity index (χ2v) is 2.78. The van der Waals surface area contributed by atoms with Crippen LogP contribution in [0.3, 0.4) is 0 Å². The Hall–Kier alpha value is -1.75. The number of amides is 1. The van der Waals surface area contributed by atoms with E-state index in [4.69, 9.17) is 15.3 Å². The Morgan fingerprint density at radius 3 is 2.71 bits per heavy atom. The summed E-state index contributed by atoms with van der Waals surface area (Å²) in [6, 6.07) is 5.36. The van der Waals surface area contributed by atoms with E-state index in [2.05, 4.69) is 5.32 Å². The number of hydrogen-bond acceptors (Lipinski definition) is 3. The van der Waals surface area contributed by atoms with Crippen molar-refractivity contribution in [2.75, 3.05) is 6.61 Å². The van der Waals surface area contributed by atoms with Gasteiger partial charge in [-0.15, -0.1) is 0 Å². The number of aliphatic hydroxyl groups is 1. The fourth-order valence-corrected chi connectivity index (χ4v) is 1.12. The maximum Gasteiger partial charge on any atom is 0.405 e. The zero-order chi connectivity index (χ0) is 10.6. The third-order valence-corrected chi connectivity index (χ3v) is 1.75. The smallest absolute Gasteiger partial charge is 0.405 e. The van der Waals surface area contributed by atoms with Crippen molar-refractivity contribution < 1.29 is 20.1 Å². The average molecular weight is 197 g/mol. The molecule has 0 aliphatic heterocycles. The van der Waals surface area contributed by atoms with Crippen molar-refractivity contribution >= 4 is 6.09 Å². The van der Waals surface area contributed by atoms with Gasteiger partial charge >= 0.3 is 6.09 Å². The number of hydrogen-bond donors (Lipinski definition) is 4. The molecule has 0 aromatic heterocycles. The van der Waals surface area contributed by atoms with Crippen LogP contribution in [0.2, 0.25) is 0 Å². The first-order valence-corrected chi connectivity index (χ1v) is 4.02. The molecule has 14 heavy (non-hydrogen) atoms. The number of carbonyl (C=O) groups is 1. The minimum absolute atomic E-state index is 0.0353. The van der Waals surface area contributed by atoms with Gasteiger partial charge in [0.15, 0.2) is 0 Å². The molecule has 0 bridgehead atoms. The molecule has 1 amide bonds. The van der Waals surface area contributed by atoms with Crippen LogP contribution in [0.15, 0.2) is 24.3 Å². The van der Waals surface area contributed by atoms with Crippen molar-refractivity contribution in [2.45, 2.75) is 6.04 Å². The molecule has 0 fully saturated rings. The molecule has 4 N–H and O–H groups in total. The number of phenolic OH excluding ortho intramolecular Hbond substituents is 1. The van der Waals surface area contributed by atoms with Crippen molar-refractivity contribution in [3.8, 4) is 5.75 Å². The Labute approximate surface area is 80.6 Å². The number of phenols is 1. The first-order chi connectivity index (χ1) is 6.63. The van der Waals surface area contributed by atoms with E-state index in [9.17, 15) is 4.79 Å². The maximum absolute atomic E-state index is 10.3. The van der Waals surface area contributed by atoms with Crippen molar-refractivity contribution in [1.82, 2.24) is 5.32 Å². The van der Waals surface area contributed by atoms with Crippen molar-refractivity contribution in [1.29, 1.82) is 0 Å². The Kier molecular flexibility index (Phi) is 3.30. The second kappa shape index (κ2) is 4.48. The molecule has 1 aromatic rings. The van der Waals surface area contributed by atoms with E-state index in [1.54, 1.807) is 12.1 Å². The van der Waals surface area contributed by atoms with Crippen LogP contribution in [-0.2, 0) is 0 Å². The largest absolute Gasteiger partial charge is 0.508 e. The predicted molar refractivity (Wildman–Crippen MR) is 49.1 cm³/mol. The third kappa shape index (κ3) is 2.63. The van der Waals surface area contributed by atoms with E-state index in [1.165, 1.54) is 12.1 Å². The fraction of sp³-hybridized carbons (Fsp3) is 0.222. The highest BCUT2D eigenvalue weighted by molar-refractivity contribution is 5.65. The van der Waals surface area contributed by atoms with E-state index in [-0.39, 0.29) is 12.4 Å². The van der Waals surface area contributed by atoms with Crippen LogP contribution in [0.5, 0.6) is 5.75 Å². The lowest BCUT2D eigenvalue weighted by atomic mass is 10.1. The van der Waals surface area contributed by atoms with Gasteiger partial charge in [0, 0.05) is 0 Å². The summed E-state index contributed by atoms with van der Waals surface area (Å²) in [4.78, 5) is 10.3. The van der Waals surface area contributed by atoms with Crippen molar-refractivity contribution in [2.24, 2.45) is 0 Å². The van der Waals surface area contributed by atoms with Gasteiger partial charge in [-0.2, -0.15) is 0 Å². The zero-order valence-corrected chi connectivity index (χ0v) is 7.34. The number of nitrogens with one attached hydrogen (secondary N) is 1. The van der Waals surface area contributed by atoms with Crippen LogP contribution >= 0.6 is 0 Å². The minimum atomic E-state index is -1.22. The lowest BCUT2D eigenvalue weighted by Gasteiger charge is -2.14. The molecule has 5 nitrogen and oxygen atoms in total. The van der Waals surface area contributed by atoms with Gasteiger partial charge in [-0.1, -0.05) is 12.1 Å². The van der Waals surface area contributed by atoms with Gasteiger partial charge in [-0.25, -0.2) is 4.79 Å². The lowest BCUT2D eigenvalue weighted by molar-refractivity contribution is 0.177. The van der Waals surface area contributed by atoms with Gasteiger partial charge in [0.1, 0.15) is 5.75 Å². The van der Waals surface area contributed by atoms with Crippen LogP contribution in [0.1, 0.15) is 11.6 Å². The van der Waals surface area contributed by atoms with E-state index in [0.29, 0.717) is 5.56 Å². The molecular weight excluding hydrogens is 186 g/mol. The number of benzene rings is 1. The molecule has 1 aromatic carbocycles. The predicted octanol–water partition coefficient (Wildman–Crippen LogP) is 0.693. The van der Waals surface area contributed by atoms with Crippen LogP contribution in [0, 0.1) is 0 Å². The molecule has 0 saturated heterocycles. The summed E-state index contributed by atoms with van der Waals surface area (Å²) in [6.45, 7) is -0.351. The first kappa shape index (κ1) is 10.3. The topological polar surface area (TPSA) is 89.8 Å². The molecular formula is C9H11NO4. The number of rotatable bonds is 3. The molecule has 76 valence electrons. The van der Waals surface area contributed by atoms with Gasteiger partial charge in [-0.3, -0.25) is 0 Å². The van der Waals surface area contributed by atoms with E-state index >= 15 is 0 Å².